The molecule has 2 rings (SSSR count). The van der Waals surface area contributed by atoms with Crippen LogP contribution in [-0.4, -0.2) is 23.9 Å². The minimum Gasteiger partial charge on any atom is -0.386 e. The molecule has 128 valence electrons. The standard InChI is InChI=1S/C18H20O6/c1-3-11-5-7-13(11)17(21)23-15(19)9-10-16(20)24-18(22)14-8-6-12(14)4-2/h9-10H,3-8H2,1-2H3. The molecule has 0 heterocycles. The highest BCUT2D eigenvalue weighted by atomic mass is 16.6. The second kappa shape index (κ2) is 7.86. The topological polar surface area (TPSA) is 86.7 Å². The fraction of sp³-hybridized carbons (Fsp3) is 0.444. The molecular weight excluding hydrogens is 312 g/mol. The van der Waals surface area contributed by atoms with Crippen LogP contribution in [-0.2, 0) is 28.7 Å². The molecule has 0 unspecified atom stereocenters. The Bertz CT molecular complexity index is 620. The van der Waals surface area contributed by atoms with Crippen LogP contribution in [0, 0.1) is 0 Å². The Balaban J connectivity index is 1.82. The van der Waals surface area contributed by atoms with E-state index in [4.69, 9.17) is 0 Å². The first-order valence-corrected chi connectivity index (χ1v) is 8.08. The lowest BCUT2D eigenvalue weighted by Crippen LogP contribution is -2.20. The molecule has 0 bridgehead atoms. The lowest BCUT2D eigenvalue weighted by molar-refractivity contribution is -0.156. The van der Waals surface area contributed by atoms with Crippen molar-refractivity contribution in [2.45, 2.75) is 52.4 Å². The summed E-state index contributed by atoms with van der Waals surface area (Å²) in [5, 5.41) is 0. The number of ether oxygens (including phenoxy) is 2. The summed E-state index contributed by atoms with van der Waals surface area (Å²) < 4.78 is 9.26. The van der Waals surface area contributed by atoms with Crippen LogP contribution in [0.3, 0.4) is 0 Å². The first-order valence-electron chi connectivity index (χ1n) is 8.08. The smallest absolute Gasteiger partial charge is 0.341 e. The van der Waals surface area contributed by atoms with Crippen LogP contribution in [0.25, 0.3) is 0 Å². The summed E-state index contributed by atoms with van der Waals surface area (Å²) in [7, 11) is 0. The molecule has 6 nitrogen and oxygen atoms in total. The van der Waals surface area contributed by atoms with Crippen molar-refractivity contribution < 1.29 is 28.7 Å². The van der Waals surface area contributed by atoms with Gasteiger partial charge in [-0.05, 0) is 38.5 Å². The molecule has 0 aromatic rings. The van der Waals surface area contributed by atoms with Gasteiger partial charge in [-0.2, -0.15) is 0 Å². The van der Waals surface area contributed by atoms with Crippen LogP contribution in [0.2, 0.25) is 0 Å². The van der Waals surface area contributed by atoms with Gasteiger partial charge in [0.25, 0.3) is 0 Å². The van der Waals surface area contributed by atoms with Gasteiger partial charge in [0.2, 0.25) is 0 Å². The average Bonchev–Trinajstić information content (AvgIpc) is 2.43. The van der Waals surface area contributed by atoms with Crippen LogP contribution < -0.4 is 0 Å². The van der Waals surface area contributed by atoms with Gasteiger partial charge in [0.05, 0.1) is 0 Å². The Morgan fingerprint density at radius 1 is 0.750 bits per heavy atom. The zero-order valence-electron chi connectivity index (χ0n) is 13.8. The third-order valence-corrected chi connectivity index (χ3v) is 4.30. The molecule has 0 saturated carbocycles. The van der Waals surface area contributed by atoms with Gasteiger partial charge in [0, 0.05) is 23.3 Å². The fourth-order valence-corrected chi connectivity index (χ4v) is 2.64. The number of hydrogen-bond acceptors (Lipinski definition) is 6. The summed E-state index contributed by atoms with van der Waals surface area (Å²) in [4.78, 5) is 46.5. The molecule has 0 saturated heterocycles. The number of rotatable bonds is 6. The summed E-state index contributed by atoms with van der Waals surface area (Å²) in [5.74, 6) is -3.28. The molecule has 0 atom stereocenters. The Morgan fingerprint density at radius 2 is 1.12 bits per heavy atom. The highest BCUT2D eigenvalue weighted by Crippen LogP contribution is 2.31. The molecule has 0 aromatic heterocycles. The molecule has 0 spiro atoms. The van der Waals surface area contributed by atoms with Gasteiger partial charge < -0.3 is 9.47 Å². The molecule has 2 aliphatic carbocycles. The van der Waals surface area contributed by atoms with Gasteiger partial charge in [-0.15, -0.1) is 0 Å². The zero-order chi connectivity index (χ0) is 17.7. The van der Waals surface area contributed by atoms with Gasteiger partial charge in [-0.1, -0.05) is 25.0 Å². The number of carbonyl (C=O) groups is 4. The Hall–Kier alpha value is -2.50. The highest BCUT2D eigenvalue weighted by molar-refractivity contribution is 6.05. The molecule has 0 N–H and O–H groups in total. The van der Waals surface area contributed by atoms with Crippen molar-refractivity contribution in [2.75, 3.05) is 0 Å². The van der Waals surface area contributed by atoms with Crippen LogP contribution >= 0.6 is 0 Å². The largest absolute Gasteiger partial charge is 0.386 e. The first-order chi connectivity index (χ1) is 11.5. The lowest BCUT2D eigenvalue weighted by atomic mass is 9.87. The van der Waals surface area contributed by atoms with Crippen LogP contribution in [0.1, 0.15) is 52.4 Å². The van der Waals surface area contributed by atoms with Crippen molar-refractivity contribution in [1.82, 2.24) is 0 Å². The van der Waals surface area contributed by atoms with E-state index in [1.807, 2.05) is 13.8 Å². The zero-order valence-corrected chi connectivity index (χ0v) is 13.8. The Morgan fingerprint density at radius 3 is 1.38 bits per heavy atom. The first kappa shape index (κ1) is 17.8. The molecule has 0 fully saturated rings. The van der Waals surface area contributed by atoms with Crippen molar-refractivity contribution >= 4 is 23.9 Å². The van der Waals surface area contributed by atoms with Crippen LogP contribution in [0.15, 0.2) is 34.4 Å². The van der Waals surface area contributed by atoms with Crippen LogP contribution in [0.4, 0.5) is 0 Å². The van der Waals surface area contributed by atoms with Crippen molar-refractivity contribution in [1.29, 1.82) is 0 Å². The SMILES string of the molecule is CCC1=C(C(=O)OC(=O)C=CC(=O)OC(=O)C2=C(CC)CC2)CC1. The predicted molar refractivity (Wildman–Crippen MR) is 84.4 cm³/mol. The van der Waals surface area contributed by atoms with E-state index in [1.165, 1.54) is 0 Å². The molecule has 0 radical (unpaired) electrons. The van der Waals surface area contributed by atoms with Crippen molar-refractivity contribution in [3.05, 3.63) is 34.4 Å². The second-order valence-corrected chi connectivity index (χ2v) is 5.62. The summed E-state index contributed by atoms with van der Waals surface area (Å²) in [6, 6.07) is 0. The highest BCUT2D eigenvalue weighted by Gasteiger charge is 2.26. The number of carbonyl (C=O) groups excluding carboxylic acids is 4. The molecule has 2 aliphatic rings. The second-order valence-electron chi connectivity index (χ2n) is 5.62. The molecule has 0 aliphatic heterocycles. The van der Waals surface area contributed by atoms with Crippen molar-refractivity contribution in [3.8, 4) is 0 Å². The van der Waals surface area contributed by atoms with E-state index in [0.717, 1.165) is 49.0 Å². The number of allylic oxidation sites excluding steroid dienone is 2. The van der Waals surface area contributed by atoms with Gasteiger partial charge in [-0.25, -0.2) is 19.2 Å². The summed E-state index contributed by atoms with van der Waals surface area (Å²) in [5.41, 5.74) is 3.03. The lowest BCUT2D eigenvalue weighted by Gasteiger charge is -2.20. The average molecular weight is 332 g/mol. The van der Waals surface area contributed by atoms with E-state index in [-0.39, 0.29) is 0 Å². The number of esters is 4. The predicted octanol–water partition coefficient (Wildman–Crippen LogP) is 2.68. The molecule has 0 amide bonds. The van der Waals surface area contributed by atoms with Crippen molar-refractivity contribution in [3.63, 3.8) is 0 Å². The summed E-state index contributed by atoms with van der Waals surface area (Å²) >= 11 is 0. The molecule has 0 aromatic carbocycles. The summed E-state index contributed by atoms with van der Waals surface area (Å²) in [6.45, 7) is 3.86. The van der Waals surface area contributed by atoms with Gasteiger partial charge in [-0.3, -0.25) is 0 Å². The van der Waals surface area contributed by atoms with Gasteiger partial charge in [0.1, 0.15) is 0 Å². The maximum absolute atomic E-state index is 11.7. The number of hydrogen-bond donors (Lipinski definition) is 0. The van der Waals surface area contributed by atoms with E-state index in [1.54, 1.807) is 0 Å². The molecule has 6 heteroatoms. The fourth-order valence-electron chi connectivity index (χ4n) is 2.64. The van der Waals surface area contributed by atoms with E-state index in [2.05, 4.69) is 9.47 Å². The Kier molecular flexibility index (Phi) is 5.84. The van der Waals surface area contributed by atoms with Gasteiger partial charge >= 0.3 is 23.9 Å². The van der Waals surface area contributed by atoms with E-state index in [0.29, 0.717) is 24.0 Å². The maximum atomic E-state index is 11.7. The quantitative estimate of drug-likeness (QED) is 0.422. The van der Waals surface area contributed by atoms with Gasteiger partial charge in [0.15, 0.2) is 0 Å². The van der Waals surface area contributed by atoms with E-state index in [9.17, 15) is 19.2 Å². The van der Waals surface area contributed by atoms with E-state index < -0.39 is 23.9 Å². The molecular formula is C18H20O6. The Labute approximate surface area is 140 Å². The van der Waals surface area contributed by atoms with E-state index >= 15 is 0 Å². The minimum absolute atomic E-state index is 0.529. The van der Waals surface area contributed by atoms with Crippen LogP contribution in [0.5, 0.6) is 0 Å². The maximum Gasteiger partial charge on any atom is 0.341 e. The third kappa shape index (κ3) is 4.07. The molecule has 24 heavy (non-hydrogen) atoms. The third-order valence-electron chi connectivity index (χ3n) is 4.30. The normalized spacial score (nSPS) is 16.6. The summed E-state index contributed by atoms with van der Waals surface area (Å²) in [6.07, 6.45) is 5.96. The monoisotopic (exact) mass is 332 g/mol. The minimum atomic E-state index is -0.962. The van der Waals surface area contributed by atoms with Crippen molar-refractivity contribution in [2.24, 2.45) is 0 Å².